The van der Waals surface area contributed by atoms with Crippen molar-refractivity contribution in [3.8, 4) is 17.2 Å². The summed E-state index contributed by atoms with van der Waals surface area (Å²) >= 11 is 6.21. The zero-order chi connectivity index (χ0) is 23.9. The van der Waals surface area contributed by atoms with Crippen LogP contribution < -0.4 is 14.2 Å². The van der Waals surface area contributed by atoms with Gasteiger partial charge in [0.2, 0.25) is 0 Å². The Bertz CT molecular complexity index is 1200. The van der Waals surface area contributed by atoms with E-state index in [1.807, 2.05) is 56.3 Å². The van der Waals surface area contributed by atoms with Gasteiger partial charge in [0, 0.05) is 23.1 Å². The molecule has 0 spiro atoms. The van der Waals surface area contributed by atoms with Gasteiger partial charge in [0.1, 0.15) is 23.3 Å². The van der Waals surface area contributed by atoms with E-state index in [1.165, 1.54) is 0 Å². The summed E-state index contributed by atoms with van der Waals surface area (Å²) in [5.74, 6) is 1.04. The molecule has 176 valence electrons. The van der Waals surface area contributed by atoms with E-state index in [1.54, 1.807) is 24.3 Å². The second-order valence-corrected chi connectivity index (χ2v) is 9.03. The zero-order valence-electron chi connectivity index (χ0n) is 19.0. The van der Waals surface area contributed by atoms with E-state index >= 15 is 0 Å². The second kappa shape index (κ2) is 8.60. The molecule has 5 rings (SSSR count). The van der Waals surface area contributed by atoms with Gasteiger partial charge in [-0.05, 0) is 43.5 Å². The first kappa shape index (κ1) is 22.7. The van der Waals surface area contributed by atoms with Gasteiger partial charge in [-0.25, -0.2) is 0 Å². The fourth-order valence-corrected chi connectivity index (χ4v) is 5.77. The summed E-state index contributed by atoms with van der Waals surface area (Å²) in [6, 6.07) is 19.5. The lowest BCUT2D eigenvalue weighted by atomic mass is 9.71. The lowest BCUT2D eigenvalue weighted by Gasteiger charge is -2.40. The van der Waals surface area contributed by atoms with Crippen molar-refractivity contribution in [2.45, 2.75) is 43.4 Å². The van der Waals surface area contributed by atoms with Gasteiger partial charge in [-0.15, -0.1) is 0 Å². The largest absolute Gasteiger partial charge is 0.494 e. The number of nitroso groups, excluding NO2 is 1. The molecule has 7 heteroatoms. The van der Waals surface area contributed by atoms with E-state index in [4.69, 9.17) is 25.8 Å². The molecule has 34 heavy (non-hydrogen) atoms. The Morgan fingerprint density at radius 1 is 1.06 bits per heavy atom. The van der Waals surface area contributed by atoms with E-state index in [-0.39, 0.29) is 5.92 Å². The summed E-state index contributed by atoms with van der Waals surface area (Å²) in [6.45, 7) is 4.59. The van der Waals surface area contributed by atoms with E-state index in [9.17, 15) is 10.0 Å². The number of rotatable bonds is 7. The molecule has 1 N–H and O–H groups in total. The number of benzene rings is 3. The number of hydrogen-bond acceptors (Lipinski definition) is 6. The highest BCUT2D eigenvalue weighted by Crippen LogP contribution is 2.69. The van der Waals surface area contributed by atoms with Gasteiger partial charge < -0.3 is 19.3 Å². The van der Waals surface area contributed by atoms with Crippen LogP contribution >= 0.6 is 11.6 Å². The molecule has 1 heterocycles. The summed E-state index contributed by atoms with van der Waals surface area (Å²) in [5.41, 5.74) is -1.02. The number of halogens is 1. The quantitative estimate of drug-likeness (QED) is 0.424. The SMILES string of the molecule is CCOc1cc(OCC)c2c(c1)O[C@@]1(c3ccc(Cl)cc3)[C@H](c3ccccc3)CC(N=O)[C@@]21O. The highest BCUT2D eigenvalue weighted by molar-refractivity contribution is 6.30. The van der Waals surface area contributed by atoms with Crippen LogP contribution in [0.2, 0.25) is 5.02 Å². The predicted molar refractivity (Wildman–Crippen MR) is 130 cm³/mol. The molecule has 0 bridgehead atoms. The first-order chi connectivity index (χ1) is 16.5. The molecule has 3 aromatic rings. The fourth-order valence-electron chi connectivity index (χ4n) is 5.64. The molecule has 1 unspecified atom stereocenters. The van der Waals surface area contributed by atoms with Crippen LogP contribution in [0.4, 0.5) is 0 Å². The Labute approximate surface area is 203 Å². The van der Waals surface area contributed by atoms with Crippen LogP contribution in [0.15, 0.2) is 71.9 Å². The van der Waals surface area contributed by atoms with Gasteiger partial charge in [-0.2, -0.15) is 4.91 Å². The van der Waals surface area contributed by atoms with Crippen molar-refractivity contribution in [2.75, 3.05) is 13.2 Å². The fraction of sp³-hybridized carbons (Fsp3) is 0.333. The van der Waals surface area contributed by atoms with Crippen molar-refractivity contribution in [1.82, 2.24) is 0 Å². The van der Waals surface area contributed by atoms with Crippen molar-refractivity contribution >= 4 is 11.6 Å². The Morgan fingerprint density at radius 2 is 1.76 bits per heavy atom. The van der Waals surface area contributed by atoms with Crippen LogP contribution in [0.25, 0.3) is 0 Å². The van der Waals surface area contributed by atoms with E-state index in [0.717, 1.165) is 5.56 Å². The Kier molecular flexibility index (Phi) is 5.74. The molecule has 6 nitrogen and oxygen atoms in total. The van der Waals surface area contributed by atoms with Gasteiger partial charge in [0.15, 0.2) is 11.2 Å². The van der Waals surface area contributed by atoms with Gasteiger partial charge in [-0.3, -0.25) is 0 Å². The smallest absolute Gasteiger partial charge is 0.176 e. The maximum atomic E-state index is 12.6. The van der Waals surface area contributed by atoms with Crippen LogP contribution in [0.1, 0.15) is 42.9 Å². The highest BCUT2D eigenvalue weighted by Gasteiger charge is 2.74. The summed E-state index contributed by atoms with van der Waals surface area (Å²) in [4.78, 5) is 12.3. The van der Waals surface area contributed by atoms with Gasteiger partial charge in [-0.1, -0.05) is 59.2 Å². The molecular formula is C27H26ClNO5. The Hall–Kier alpha value is -3.09. The Morgan fingerprint density at radius 3 is 2.41 bits per heavy atom. The summed E-state index contributed by atoms with van der Waals surface area (Å²) in [5, 5.41) is 16.6. The topological polar surface area (TPSA) is 77.3 Å². The zero-order valence-corrected chi connectivity index (χ0v) is 19.8. The average molecular weight is 480 g/mol. The van der Waals surface area contributed by atoms with Crippen molar-refractivity contribution in [2.24, 2.45) is 5.18 Å². The summed E-state index contributed by atoms with van der Waals surface area (Å²) in [6.07, 6.45) is 0.310. The van der Waals surface area contributed by atoms with Crippen molar-refractivity contribution in [3.63, 3.8) is 0 Å². The maximum Gasteiger partial charge on any atom is 0.176 e. The molecule has 1 fully saturated rings. The van der Waals surface area contributed by atoms with Crippen molar-refractivity contribution in [3.05, 3.63) is 93.4 Å². The average Bonchev–Trinajstić information content (AvgIpc) is 3.25. The van der Waals surface area contributed by atoms with Crippen LogP contribution in [-0.2, 0) is 11.2 Å². The third-order valence-electron chi connectivity index (χ3n) is 6.90. The predicted octanol–water partition coefficient (Wildman–Crippen LogP) is 5.94. The lowest BCUT2D eigenvalue weighted by Crippen LogP contribution is -2.51. The molecule has 0 saturated heterocycles. The van der Waals surface area contributed by atoms with Crippen LogP contribution in [0.5, 0.6) is 17.2 Å². The molecule has 0 aromatic heterocycles. The van der Waals surface area contributed by atoms with E-state index in [0.29, 0.717) is 53.0 Å². The third kappa shape index (κ3) is 3.12. The van der Waals surface area contributed by atoms with Gasteiger partial charge in [0.05, 0.1) is 18.8 Å². The summed E-state index contributed by atoms with van der Waals surface area (Å²) < 4.78 is 18.5. The van der Waals surface area contributed by atoms with Gasteiger partial charge >= 0.3 is 0 Å². The number of ether oxygens (including phenoxy) is 3. The Balaban J connectivity index is 1.82. The molecule has 1 aliphatic carbocycles. The second-order valence-electron chi connectivity index (χ2n) is 8.59. The number of fused-ring (bicyclic) bond motifs is 3. The normalized spacial score (nSPS) is 26.9. The molecule has 1 saturated carbocycles. The van der Waals surface area contributed by atoms with E-state index < -0.39 is 17.2 Å². The minimum atomic E-state index is -1.77. The van der Waals surface area contributed by atoms with Crippen LogP contribution in [0, 0.1) is 4.91 Å². The number of nitrogens with zero attached hydrogens (tertiary/aromatic N) is 1. The molecule has 2 aliphatic rings. The number of hydrogen-bond donors (Lipinski definition) is 1. The molecule has 1 aliphatic heterocycles. The molecule has 3 aromatic carbocycles. The molecule has 0 amide bonds. The van der Waals surface area contributed by atoms with Crippen LogP contribution in [-0.4, -0.2) is 24.4 Å². The standard InChI is InChI=1S/C27H26ClNO5/c1-3-32-20-14-22(33-4-2)25-23(15-20)34-27(18-10-12-19(28)13-11-18)21(17-8-6-5-7-9-17)16-24(29-31)26(25,27)30/h5-15,21,24,30H,3-4,16H2,1-2H3/t21-,24?,26+,27-/m0/s1. The molecule has 0 radical (unpaired) electrons. The number of aliphatic hydroxyl groups is 1. The van der Waals surface area contributed by atoms with E-state index in [2.05, 4.69) is 5.18 Å². The lowest BCUT2D eigenvalue weighted by molar-refractivity contribution is -0.113. The monoisotopic (exact) mass is 479 g/mol. The summed E-state index contributed by atoms with van der Waals surface area (Å²) in [7, 11) is 0. The minimum Gasteiger partial charge on any atom is -0.494 e. The van der Waals surface area contributed by atoms with Crippen molar-refractivity contribution in [1.29, 1.82) is 0 Å². The van der Waals surface area contributed by atoms with Crippen LogP contribution in [0.3, 0.4) is 0 Å². The van der Waals surface area contributed by atoms with Gasteiger partial charge in [0.25, 0.3) is 0 Å². The molecular weight excluding hydrogens is 454 g/mol. The molecule has 4 atom stereocenters. The first-order valence-corrected chi connectivity index (χ1v) is 11.9. The van der Waals surface area contributed by atoms with Crippen molar-refractivity contribution < 1.29 is 19.3 Å². The first-order valence-electron chi connectivity index (χ1n) is 11.5. The minimum absolute atomic E-state index is 0.310. The third-order valence-corrected chi connectivity index (χ3v) is 7.15. The highest BCUT2D eigenvalue weighted by atomic mass is 35.5. The maximum absolute atomic E-state index is 12.6.